The fourth-order valence-electron chi connectivity index (χ4n) is 3.52. The molecule has 3 atom stereocenters. The molecule has 1 amide bonds. The molecule has 3 heterocycles. The quantitative estimate of drug-likeness (QED) is 0.768. The van der Waals surface area contributed by atoms with Crippen LogP contribution in [0.4, 0.5) is 4.39 Å². The molecule has 7 heteroatoms. The lowest BCUT2D eigenvalue weighted by atomic mass is 9.91. The van der Waals surface area contributed by atoms with Gasteiger partial charge < -0.3 is 10.6 Å². The SMILES string of the molecule is C[C@@H](c1ccc(-c2ccc3ncnn3c2)cc1)C(N)C(=O)N1CC[C@H](F)C1. The lowest BCUT2D eigenvalue weighted by Gasteiger charge is -2.25. The number of halogens is 1. The summed E-state index contributed by atoms with van der Waals surface area (Å²) in [4.78, 5) is 18.2. The molecule has 0 saturated carbocycles. The molecule has 1 aromatic carbocycles. The van der Waals surface area contributed by atoms with Crippen LogP contribution in [0.1, 0.15) is 24.8 Å². The number of hydrogen-bond donors (Lipinski definition) is 1. The molecule has 27 heavy (non-hydrogen) atoms. The number of nitrogens with zero attached hydrogens (tertiary/aromatic N) is 4. The van der Waals surface area contributed by atoms with E-state index in [0.717, 1.165) is 22.3 Å². The zero-order valence-electron chi connectivity index (χ0n) is 15.1. The molecule has 1 aliphatic heterocycles. The molecule has 0 bridgehead atoms. The van der Waals surface area contributed by atoms with E-state index < -0.39 is 12.2 Å². The number of pyridine rings is 1. The van der Waals surface area contributed by atoms with Crippen molar-refractivity contribution in [2.45, 2.75) is 31.5 Å². The predicted octanol–water partition coefficient (Wildman–Crippen LogP) is 2.40. The standard InChI is InChI=1S/C20H22FN5O/c1-13(19(22)20(27)25-9-8-17(21)11-25)14-2-4-15(5-3-14)16-6-7-18-23-12-24-26(18)10-16/h2-7,10,12-13,17,19H,8-9,11,22H2,1H3/t13-,17-,19?/m0/s1. The van der Waals surface area contributed by atoms with Crippen molar-refractivity contribution in [3.8, 4) is 11.1 Å². The highest BCUT2D eigenvalue weighted by molar-refractivity contribution is 5.83. The Labute approximate surface area is 156 Å². The van der Waals surface area contributed by atoms with Gasteiger partial charge in [0.15, 0.2) is 5.65 Å². The number of carbonyl (C=O) groups is 1. The van der Waals surface area contributed by atoms with Gasteiger partial charge in [-0.2, -0.15) is 5.10 Å². The first-order valence-corrected chi connectivity index (χ1v) is 9.11. The van der Waals surface area contributed by atoms with Crippen molar-refractivity contribution in [1.82, 2.24) is 19.5 Å². The van der Waals surface area contributed by atoms with E-state index in [1.165, 1.54) is 11.2 Å². The Hall–Kier alpha value is -2.80. The Morgan fingerprint density at radius 3 is 2.67 bits per heavy atom. The van der Waals surface area contributed by atoms with Crippen LogP contribution in [0.15, 0.2) is 48.9 Å². The van der Waals surface area contributed by atoms with Crippen LogP contribution < -0.4 is 5.73 Å². The second-order valence-corrected chi connectivity index (χ2v) is 7.09. The topological polar surface area (TPSA) is 76.5 Å². The van der Waals surface area contributed by atoms with Gasteiger partial charge in [0, 0.05) is 24.2 Å². The van der Waals surface area contributed by atoms with Gasteiger partial charge in [0.1, 0.15) is 12.5 Å². The number of alkyl halides is 1. The Balaban J connectivity index is 1.50. The Morgan fingerprint density at radius 2 is 1.96 bits per heavy atom. The number of hydrogen-bond acceptors (Lipinski definition) is 4. The smallest absolute Gasteiger partial charge is 0.240 e. The Bertz CT molecular complexity index is 954. The molecule has 2 aromatic heterocycles. The van der Waals surface area contributed by atoms with Gasteiger partial charge >= 0.3 is 0 Å². The molecule has 3 aromatic rings. The normalized spacial score (nSPS) is 19.4. The van der Waals surface area contributed by atoms with Crippen molar-refractivity contribution >= 4 is 11.6 Å². The van der Waals surface area contributed by atoms with Gasteiger partial charge in [-0.3, -0.25) is 4.79 Å². The van der Waals surface area contributed by atoms with E-state index in [0.29, 0.717) is 13.0 Å². The molecule has 140 valence electrons. The first-order valence-electron chi connectivity index (χ1n) is 9.11. The maximum absolute atomic E-state index is 13.4. The van der Waals surface area contributed by atoms with E-state index in [-0.39, 0.29) is 18.4 Å². The van der Waals surface area contributed by atoms with Crippen molar-refractivity contribution in [1.29, 1.82) is 0 Å². The van der Waals surface area contributed by atoms with E-state index in [1.54, 1.807) is 4.52 Å². The fourth-order valence-corrected chi connectivity index (χ4v) is 3.52. The Kier molecular flexibility index (Phi) is 4.61. The van der Waals surface area contributed by atoms with E-state index >= 15 is 0 Å². The molecule has 1 fully saturated rings. The summed E-state index contributed by atoms with van der Waals surface area (Å²) < 4.78 is 15.1. The van der Waals surface area contributed by atoms with Crippen molar-refractivity contribution in [2.24, 2.45) is 5.73 Å². The van der Waals surface area contributed by atoms with E-state index in [4.69, 9.17) is 5.73 Å². The molecule has 1 saturated heterocycles. The molecule has 2 N–H and O–H groups in total. The molecule has 0 aliphatic carbocycles. The fraction of sp³-hybridized carbons (Fsp3) is 0.350. The Morgan fingerprint density at radius 1 is 1.22 bits per heavy atom. The zero-order valence-corrected chi connectivity index (χ0v) is 15.1. The maximum Gasteiger partial charge on any atom is 0.240 e. The molecule has 1 unspecified atom stereocenters. The summed E-state index contributed by atoms with van der Waals surface area (Å²) in [7, 11) is 0. The average Bonchev–Trinajstić information content (AvgIpc) is 3.34. The van der Waals surface area contributed by atoms with Crippen molar-refractivity contribution in [3.05, 3.63) is 54.5 Å². The van der Waals surface area contributed by atoms with Gasteiger partial charge in [-0.1, -0.05) is 31.2 Å². The van der Waals surface area contributed by atoms with Crippen LogP contribution in [-0.4, -0.2) is 50.7 Å². The van der Waals surface area contributed by atoms with E-state index in [1.807, 2.05) is 49.5 Å². The third kappa shape index (κ3) is 3.42. The van der Waals surface area contributed by atoms with Crippen LogP contribution in [0.5, 0.6) is 0 Å². The van der Waals surface area contributed by atoms with Crippen molar-refractivity contribution < 1.29 is 9.18 Å². The highest BCUT2D eigenvalue weighted by Gasteiger charge is 2.32. The van der Waals surface area contributed by atoms with Crippen LogP contribution >= 0.6 is 0 Å². The maximum atomic E-state index is 13.4. The van der Waals surface area contributed by atoms with E-state index in [9.17, 15) is 9.18 Å². The van der Waals surface area contributed by atoms with E-state index in [2.05, 4.69) is 10.1 Å². The summed E-state index contributed by atoms with van der Waals surface area (Å²) >= 11 is 0. The van der Waals surface area contributed by atoms with Gasteiger partial charge in [0.25, 0.3) is 0 Å². The minimum Gasteiger partial charge on any atom is -0.338 e. The van der Waals surface area contributed by atoms with Crippen LogP contribution in [0.25, 0.3) is 16.8 Å². The molecule has 1 aliphatic rings. The van der Waals surface area contributed by atoms with Gasteiger partial charge in [0.2, 0.25) is 5.91 Å². The lowest BCUT2D eigenvalue weighted by molar-refractivity contribution is -0.132. The predicted molar refractivity (Wildman–Crippen MR) is 101 cm³/mol. The number of carbonyl (C=O) groups excluding carboxylic acids is 1. The molecule has 6 nitrogen and oxygen atoms in total. The molecular weight excluding hydrogens is 345 g/mol. The van der Waals surface area contributed by atoms with Crippen LogP contribution in [-0.2, 0) is 4.79 Å². The van der Waals surface area contributed by atoms with Crippen LogP contribution in [0.2, 0.25) is 0 Å². The van der Waals surface area contributed by atoms with Gasteiger partial charge in [0.05, 0.1) is 12.6 Å². The highest BCUT2D eigenvalue weighted by Crippen LogP contribution is 2.25. The second kappa shape index (κ2) is 7.08. The second-order valence-electron chi connectivity index (χ2n) is 7.09. The molecule has 4 rings (SSSR count). The number of nitrogens with two attached hydrogens (primary N) is 1. The van der Waals surface area contributed by atoms with Gasteiger partial charge in [-0.15, -0.1) is 0 Å². The number of likely N-dealkylation sites (tertiary alicyclic amines) is 1. The van der Waals surface area contributed by atoms with Gasteiger partial charge in [-0.05, 0) is 29.7 Å². The number of benzene rings is 1. The summed E-state index contributed by atoms with van der Waals surface area (Å²) in [6.07, 6.45) is 2.92. The monoisotopic (exact) mass is 367 g/mol. The van der Waals surface area contributed by atoms with Crippen molar-refractivity contribution in [2.75, 3.05) is 13.1 Å². The zero-order chi connectivity index (χ0) is 19.0. The average molecular weight is 367 g/mol. The van der Waals surface area contributed by atoms with Crippen LogP contribution in [0, 0.1) is 0 Å². The highest BCUT2D eigenvalue weighted by atomic mass is 19.1. The summed E-state index contributed by atoms with van der Waals surface area (Å²) in [5.74, 6) is -0.327. The minimum atomic E-state index is -0.932. The van der Waals surface area contributed by atoms with Crippen molar-refractivity contribution in [3.63, 3.8) is 0 Å². The number of aromatic nitrogens is 3. The summed E-state index contributed by atoms with van der Waals surface area (Å²) in [6.45, 7) is 2.54. The summed E-state index contributed by atoms with van der Waals surface area (Å²) in [5, 5.41) is 4.16. The third-order valence-corrected chi connectivity index (χ3v) is 5.31. The molecule has 0 spiro atoms. The lowest BCUT2D eigenvalue weighted by Crippen LogP contribution is -2.45. The number of amides is 1. The van der Waals surface area contributed by atoms with Gasteiger partial charge in [-0.25, -0.2) is 13.9 Å². The first-order chi connectivity index (χ1) is 13.0. The number of rotatable bonds is 4. The summed E-state index contributed by atoms with van der Waals surface area (Å²) in [6, 6.07) is 11.2. The minimum absolute atomic E-state index is 0.150. The molecular formula is C20H22FN5O. The van der Waals surface area contributed by atoms with Crippen LogP contribution in [0.3, 0.4) is 0 Å². The molecule has 0 radical (unpaired) electrons. The summed E-state index contributed by atoms with van der Waals surface area (Å²) in [5.41, 5.74) is 10.0. The largest absolute Gasteiger partial charge is 0.338 e. The third-order valence-electron chi connectivity index (χ3n) is 5.31. The first kappa shape index (κ1) is 17.6. The number of fused-ring (bicyclic) bond motifs is 1.